The van der Waals surface area contributed by atoms with Gasteiger partial charge in [-0.25, -0.2) is 0 Å². The molecule has 1 aliphatic rings. The number of hydrogen-bond donors (Lipinski definition) is 1. The van der Waals surface area contributed by atoms with Gasteiger partial charge in [0.1, 0.15) is 0 Å². The second-order valence-electron chi connectivity index (χ2n) is 4.37. The molecule has 1 saturated heterocycles. The van der Waals surface area contributed by atoms with Gasteiger partial charge < -0.3 is 5.32 Å². The normalized spacial score (nSPS) is 20.7. The van der Waals surface area contributed by atoms with E-state index in [1.54, 1.807) is 0 Å². The zero-order valence-electron chi connectivity index (χ0n) is 10.4. The molecule has 4 heteroatoms. The van der Waals surface area contributed by atoms with Gasteiger partial charge in [0, 0.05) is 43.4 Å². The summed E-state index contributed by atoms with van der Waals surface area (Å²) in [5.74, 6) is 2.49. The summed E-state index contributed by atoms with van der Waals surface area (Å²) in [5.41, 5.74) is 1.16. The van der Waals surface area contributed by atoms with Crippen molar-refractivity contribution in [3.05, 3.63) is 30.1 Å². The Bertz CT molecular complexity index is 312. The third-order valence-corrected chi connectivity index (χ3v) is 4.17. The third-order valence-electron chi connectivity index (χ3n) is 3.04. The van der Waals surface area contributed by atoms with E-state index in [4.69, 9.17) is 0 Å². The van der Waals surface area contributed by atoms with Crippen molar-refractivity contribution in [1.82, 2.24) is 15.2 Å². The van der Waals surface area contributed by atoms with Crippen molar-refractivity contribution in [2.75, 3.05) is 31.1 Å². The van der Waals surface area contributed by atoms with E-state index in [0.29, 0.717) is 6.04 Å². The van der Waals surface area contributed by atoms with Crippen LogP contribution in [0.4, 0.5) is 0 Å². The number of nitrogens with one attached hydrogen (secondary N) is 1. The lowest BCUT2D eigenvalue weighted by Crippen LogP contribution is -2.45. The van der Waals surface area contributed by atoms with Gasteiger partial charge in [-0.1, -0.05) is 13.0 Å². The summed E-state index contributed by atoms with van der Waals surface area (Å²) in [6.07, 6.45) is 1.87. The Hall–Kier alpha value is -0.580. The molecule has 0 radical (unpaired) electrons. The molecular weight excluding hydrogens is 230 g/mol. The van der Waals surface area contributed by atoms with Crippen molar-refractivity contribution in [3.8, 4) is 0 Å². The van der Waals surface area contributed by atoms with Gasteiger partial charge in [0.2, 0.25) is 0 Å². The molecule has 1 aromatic rings. The number of rotatable bonds is 5. The summed E-state index contributed by atoms with van der Waals surface area (Å²) in [7, 11) is 0. The number of hydrogen-bond acceptors (Lipinski definition) is 4. The van der Waals surface area contributed by atoms with Crippen molar-refractivity contribution < 1.29 is 0 Å². The predicted octanol–water partition coefficient (Wildman–Crippen LogP) is 1.61. The van der Waals surface area contributed by atoms with Crippen LogP contribution in [0.25, 0.3) is 0 Å². The molecule has 0 saturated carbocycles. The molecule has 3 nitrogen and oxygen atoms in total. The van der Waals surface area contributed by atoms with Crippen LogP contribution < -0.4 is 5.32 Å². The van der Waals surface area contributed by atoms with E-state index in [1.165, 1.54) is 11.5 Å². The maximum absolute atomic E-state index is 4.39. The molecule has 2 rings (SSSR count). The van der Waals surface area contributed by atoms with Crippen molar-refractivity contribution >= 4 is 11.8 Å². The molecule has 0 aromatic carbocycles. The van der Waals surface area contributed by atoms with Gasteiger partial charge in [0.05, 0.1) is 5.69 Å². The molecule has 1 fully saturated rings. The number of pyridine rings is 1. The molecule has 0 bridgehead atoms. The highest BCUT2D eigenvalue weighted by molar-refractivity contribution is 7.99. The number of aromatic nitrogens is 1. The highest BCUT2D eigenvalue weighted by Crippen LogP contribution is 2.10. The minimum atomic E-state index is 0.636. The molecule has 94 valence electrons. The summed E-state index contributed by atoms with van der Waals surface area (Å²) in [6, 6.07) is 6.77. The van der Waals surface area contributed by atoms with Crippen LogP contribution in [0, 0.1) is 0 Å². The van der Waals surface area contributed by atoms with Crippen LogP contribution in [0.15, 0.2) is 24.4 Å². The number of nitrogens with zero attached hydrogens (tertiary/aromatic N) is 2. The summed E-state index contributed by atoms with van der Waals surface area (Å²) in [5, 5.41) is 3.59. The van der Waals surface area contributed by atoms with E-state index < -0.39 is 0 Å². The van der Waals surface area contributed by atoms with Crippen LogP contribution in [0.3, 0.4) is 0 Å². The minimum absolute atomic E-state index is 0.636. The maximum atomic E-state index is 4.39. The fourth-order valence-corrected chi connectivity index (χ4v) is 3.01. The fraction of sp³-hybridized carbons (Fsp3) is 0.615. The Morgan fingerprint density at radius 2 is 2.47 bits per heavy atom. The van der Waals surface area contributed by atoms with Gasteiger partial charge in [0.15, 0.2) is 0 Å². The van der Waals surface area contributed by atoms with Crippen LogP contribution >= 0.6 is 11.8 Å². The van der Waals surface area contributed by atoms with Crippen LogP contribution in [0.1, 0.15) is 12.6 Å². The summed E-state index contributed by atoms with van der Waals surface area (Å²) in [6.45, 7) is 6.54. The number of thioether (sulfide) groups is 1. The van der Waals surface area contributed by atoms with E-state index in [0.717, 1.165) is 31.9 Å². The zero-order chi connectivity index (χ0) is 11.9. The molecule has 2 heterocycles. The third kappa shape index (κ3) is 4.30. The van der Waals surface area contributed by atoms with Crippen molar-refractivity contribution in [2.45, 2.75) is 19.5 Å². The van der Waals surface area contributed by atoms with Crippen LogP contribution in [-0.2, 0) is 6.54 Å². The highest BCUT2D eigenvalue weighted by Gasteiger charge is 2.16. The van der Waals surface area contributed by atoms with Crippen molar-refractivity contribution in [2.24, 2.45) is 0 Å². The van der Waals surface area contributed by atoms with Crippen LogP contribution in [-0.4, -0.2) is 47.1 Å². The lowest BCUT2D eigenvalue weighted by molar-refractivity contribution is 0.250. The van der Waals surface area contributed by atoms with Gasteiger partial charge >= 0.3 is 0 Å². The molecular formula is C13H21N3S. The fourth-order valence-electron chi connectivity index (χ4n) is 2.07. The largest absolute Gasteiger partial charge is 0.311 e. The second kappa shape index (κ2) is 6.99. The topological polar surface area (TPSA) is 28.2 Å². The first-order chi connectivity index (χ1) is 8.38. The van der Waals surface area contributed by atoms with Crippen molar-refractivity contribution in [1.29, 1.82) is 0 Å². The smallest absolute Gasteiger partial charge is 0.0543 e. The summed E-state index contributed by atoms with van der Waals surface area (Å²) in [4.78, 5) is 6.86. The first-order valence-corrected chi connectivity index (χ1v) is 7.47. The molecule has 1 unspecified atom stereocenters. The average molecular weight is 251 g/mol. The Morgan fingerprint density at radius 3 is 3.12 bits per heavy atom. The van der Waals surface area contributed by atoms with Gasteiger partial charge in [-0.3, -0.25) is 9.88 Å². The van der Waals surface area contributed by atoms with Gasteiger partial charge in [-0.15, -0.1) is 0 Å². The maximum Gasteiger partial charge on any atom is 0.0543 e. The van der Waals surface area contributed by atoms with E-state index in [1.807, 2.05) is 12.3 Å². The zero-order valence-corrected chi connectivity index (χ0v) is 11.2. The molecule has 1 N–H and O–H groups in total. The van der Waals surface area contributed by atoms with E-state index in [2.05, 4.69) is 46.0 Å². The molecule has 1 aliphatic heterocycles. The summed E-state index contributed by atoms with van der Waals surface area (Å²) >= 11 is 2.06. The van der Waals surface area contributed by atoms with E-state index >= 15 is 0 Å². The lowest BCUT2D eigenvalue weighted by atomic mass is 10.2. The minimum Gasteiger partial charge on any atom is -0.311 e. The Balaban J connectivity index is 1.83. The van der Waals surface area contributed by atoms with Gasteiger partial charge in [-0.2, -0.15) is 11.8 Å². The molecule has 0 aliphatic carbocycles. The molecule has 0 spiro atoms. The quantitative estimate of drug-likeness (QED) is 0.860. The number of likely N-dealkylation sites (N-methyl/N-ethyl adjacent to an activating group) is 1. The first kappa shape index (κ1) is 12.9. The highest BCUT2D eigenvalue weighted by atomic mass is 32.2. The molecule has 1 atom stereocenters. The van der Waals surface area contributed by atoms with Crippen molar-refractivity contribution in [3.63, 3.8) is 0 Å². The second-order valence-corrected chi connectivity index (χ2v) is 5.52. The SMILES string of the molecule is CCN(Cc1ccccn1)CC1CSCCN1. The molecule has 0 amide bonds. The Kier molecular flexibility index (Phi) is 5.29. The standard InChI is InChI=1S/C13H21N3S/c1-2-16(9-12-5-3-4-6-14-12)10-13-11-17-8-7-15-13/h3-6,13,15H,2,7-11H2,1H3. The van der Waals surface area contributed by atoms with E-state index in [-0.39, 0.29) is 0 Å². The van der Waals surface area contributed by atoms with Gasteiger partial charge in [0.25, 0.3) is 0 Å². The monoisotopic (exact) mass is 251 g/mol. The van der Waals surface area contributed by atoms with Crippen LogP contribution in [0.2, 0.25) is 0 Å². The lowest BCUT2D eigenvalue weighted by Gasteiger charge is -2.29. The predicted molar refractivity (Wildman–Crippen MR) is 74.3 cm³/mol. The van der Waals surface area contributed by atoms with E-state index in [9.17, 15) is 0 Å². The first-order valence-electron chi connectivity index (χ1n) is 6.32. The van der Waals surface area contributed by atoms with Gasteiger partial charge in [-0.05, 0) is 18.7 Å². The van der Waals surface area contributed by atoms with Crippen LogP contribution in [0.5, 0.6) is 0 Å². The Labute approximate surface area is 108 Å². The Morgan fingerprint density at radius 1 is 1.53 bits per heavy atom. The average Bonchev–Trinajstić information content (AvgIpc) is 2.40. The molecule has 1 aromatic heterocycles. The summed E-state index contributed by atoms with van der Waals surface area (Å²) < 4.78 is 0. The molecule has 17 heavy (non-hydrogen) atoms.